The van der Waals surface area contributed by atoms with Crippen molar-refractivity contribution < 1.29 is 9.18 Å². The molecule has 1 aliphatic heterocycles. The van der Waals surface area contributed by atoms with Gasteiger partial charge in [-0.2, -0.15) is 0 Å². The van der Waals surface area contributed by atoms with Crippen molar-refractivity contribution in [2.75, 3.05) is 10.2 Å². The lowest BCUT2D eigenvalue weighted by Crippen LogP contribution is -2.22. The number of aryl methyl sites for hydroxylation is 1. The minimum absolute atomic E-state index is 0.0190. The Morgan fingerprint density at radius 1 is 1.00 bits per heavy atom. The molecule has 3 aromatic carbocycles. The number of amides is 1. The van der Waals surface area contributed by atoms with Crippen molar-refractivity contribution in [2.45, 2.75) is 19.9 Å². The number of hydrogen-bond acceptors (Lipinski definition) is 2. The lowest BCUT2D eigenvalue weighted by atomic mass is 10.0. The first kappa shape index (κ1) is 16.3. The maximum atomic E-state index is 13.4. The molecule has 0 atom stereocenters. The minimum Gasteiger partial charge on any atom is -0.355 e. The smallest absolute Gasteiger partial charge is 0.258 e. The molecule has 0 saturated carbocycles. The van der Waals surface area contributed by atoms with E-state index in [4.69, 9.17) is 0 Å². The van der Waals surface area contributed by atoms with E-state index in [1.165, 1.54) is 17.7 Å². The van der Waals surface area contributed by atoms with Crippen molar-refractivity contribution in [2.24, 2.45) is 0 Å². The van der Waals surface area contributed by atoms with Crippen LogP contribution in [0.2, 0.25) is 0 Å². The largest absolute Gasteiger partial charge is 0.355 e. The highest BCUT2D eigenvalue weighted by atomic mass is 19.1. The molecule has 4 rings (SSSR count). The van der Waals surface area contributed by atoms with Crippen LogP contribution in [0.15, 0.2) is 66.7 Å². The van der Waals surface area contributed by atoms with Gasteiger partial charge in [-0.1, -0.05) is 31.2 Å². The molecule has 4 heteroatoms. The first-order chi connectivity index (χ1) is 12.6. The predicted octanol–water partition coefficient (Wildman–Crippen LogP) is 5.29. The van der Waals surface area contributed by atoms with Crippen LogP contribution in [-0.4, -0.2) is 5.91 Å². The van der Waals surface area contributed by atoms with Crippen LogP contribution in [0.1, 0.15) is 28.4 Å². The van der Waals surface area contributed by atoms with Crippen molar-refractivity contribution in [1.29, 1.82) is 0 Å². The Hall–Kier alpha value is -3.14. The summed E-state index contributed by atoms with van der Waals surface area (Å²) in [6.45, 7) is 2.68. The number of benzene rings is 3. The predicted molar refractivity (Wildman–Crippen MR) is 102 cm³/mol. The maximum Gasteiger partial charge on any atom is 0.258 e. The van der Waals surface area contributed by atoms with E-state index in [0.717, 1.165) is 28.9 Å². The van der Waals surface area contributed by atoms with Gasteiger partial charge in [0.1, 0.15) is 5.82 Å². The average Bonchev–Trinajstić information content (AvgIpc) is 2.98. The van der Waals surface area contributed by atoms with Crippen LogP contribution in [0.4, 0.5) is 21.5 Å². The summed E-state index contributed by atoms with van der Waals surface area (Å²) >= 11 is 0. The van der Waals surface area contributed by atoms with Gasteiger partial charge in [-0.15, -0.1) is 0 Å². The number of fused-ring (bicyclic) bond motifs is 1. The van der Waals surface area contributed by atoms with E-state index in [0.29, 0.717) is 12.2 Å². The monoisotopic (exact) mass is 346 g/mol. The molecule has 1 heterocycles. The lowest BCUT2D eigenvalue weighted by Gasteiger charge is -2.17. The second-order valence-electron chi connectivity index (χ2n) is 6.42. The van der Waals surface area contributed by atoms with Gasteiger partial charge in [0.05, 0.1) is 6.54 Å². The molecular weight excluding hydrogens is 327 g/mol. The first-order valence-corrected chi connectivity index (χ1v) is 8.70. The molecule has 0 saturated heterocycles. The molecule has 0 aromatic heterocycles. The highest BCUT2D eigenvalue weighted by Gasteiger charge is 2.28. The molecule has 0 radical (unpaired) electrons. The number of rotatable bonds is 4. The highest BCUT2D eigenvalue weighted by molar-refractivity contribution is 6.10. The molecule has 0 spiro atoms. The zero-order chi connectivity index (χ0) is 18.1. The Balaban J connectivity index is 1.60. The fourth-order valence-corrected chi connectivity index (χ4v) is 3.29. The van der Waals surface area contributed by atoms with Gasteiger partial charge in [0.25, 0.3) is 5.91 Å². The third kappa shape index (κ3) is 3.06. The molecule has 3 aromatic rings. The summed E-state index contributed by atoms with van der Waals surface area (Å²) < 4.78 is 13.4. The Morgan fingerprint density at radius 3 is 2.54 bits per heavy atom. The summed E-state index contributed by atoms with van der Waals surface area (Å²) in [5, 5.41) is 3.18. The Kier molecular flexibility index (Phi) is 4.17. The third-order valence-corrected chi connectivity index (χ3v) is 4.65. The molecule has 1 N–H and O–H groups in total. The van der Waals surface area contributed by atoms with Crippen LogP contribution in [0.3, 0.4) is 0 Å². The van der Waals surface area contributed by atoms with Crippen LogP contribution in [0, 0.1) is 5.82 Å². The van der Waals surface area contributed by atoms with Gasteiger partial charge in [-0.25, -0.2) is 4.39 Å². The van der Waals surface area contributed by atoms with Gasteiger partial charge in [0, 0.05) is 22.6 Å². The second kappa shape index (κ2) is 6.64. The quantitative estimate of drug-likeness (QED) is 0.696. The summed E-state index contributed by atoms with van der Waals surface area (Å²) in [6, 6.07) is 20.0. The Morgan fingerprint density at radius 2 is 1.77 bits per heavy atom. The molecule has 0 aliphatic carbocycles. The fraction of sp³-hybridized carbons (Fsp3) is 0.136. The first-order valence-electron chi connectivity index (χ1n) is 8.70. The summed E-state index contributed by atoms with van der Waals surface area (Å²) in [7, 11) is 0. The summed E-state index contributed by atoms with van der Waals surface area (Å²) in [5.74, 6) is -0.270. The maximum absolute atomic E-state index is 13.4. The van der Waals surface area contributed by atoms with Crippen molar-refractivity contribution in [1.82, 2.24) is 0 Å². The number of hydrogen-bond donors (Lipinski definition) is 1. The van der Waals surface area contributed by atoms with E-state index in [2.05, 4.69) is 18.3 Å². The molecule has 130 valence electrons. The van der Waals surface area contributed by atoms with E-state index >= 15 is 0 Å². The number of halogens is 1. The number of nitrogens with one attached hydrogen (secondary N) is 1. The van der Waals surface area contributed by atoms with Crippen LogP contribution in [0.5, 0.6) is 0 Å². The van der Waals surface area contributed by atoms with Gasteiger partial charge >= 0.3 is 0 Å². The summed E-state index contributed by atoms with van der Waals surface area (Å²) in [6.07, 6.45) is 0.953. The molecule has 1 aliphatic rings. The SMILES string of the molecule is CCc1ccc2c(c1)CN(c1cccc(Nc3cccc(F)c3)c1)C2=O. The van der Waals surface area contributed by atoms with Gasteiger partial charge in [0.2, 0.25) is 0 Å². The molecule has 1 amide bonds. The van der Waals surface area contributed by atoms with Crippen LogP contribution < -0.4 is 10.2 Å². The summed E-state index contributed by atoms with van der Waals surface area (Å²) in [5.41, 5.74) is 5.38. The fourth-order valence-electron chi connectivity index (χ4n) is 3.29. The molecule has 3 nitrogen and oxygen atoms in total. The van der Waals surface area contributed by atoms with Crippen LogP contribution in [-0.2, 0) is 13.0 Å². The number of nitrogens with zero attached hydrogens (tertiary/aromatic N) is 1. The van der Waals surface area contributed by atoms with Crippen LogP contribution >= 0.6 is 0 Å². The third-order valence-electron chi connectivity index (χ3n) is 4.65. The number of carbonyl (C=O) groups is 1. The molecular formula is C22H19FN2O. The van der Waals surface area contributed by atoms with E-state index in [1.54, 1.807) is 17.0 Å². The number of carbonyl (C=O) groups excluding carboxylic acids is 1. The standard InChI is InChI=1S/C22H19FN2O/c1-2-15-9-10-21-16(11-15)14-25(22(21)26)20-8-4-7-19(13-20)24-18-6-3-5-17(23)12-18/h3-13,24H,2,14H2,1H3. The van der Waals surface area contributed by atoms with Gasteiger partial charge in [-0.3, -0.25) is 4.79 Å². The van der Waals surface area contributed by atoms with Crippen molar-refractivity contribution in [3.05, 3.63) is 89.2 Å². The minimum atomic E-state index is -0.289. The van der Waals surface area contributed by atoms with Gasteiger partial charge in [-0.05, 0) is 60.0 Å². The van der Waals surface area contributed by atoms with E-state index in [-0.39, 0.29) is 11.7 Å². The van der Waals surface area contributed by atoms with E-state index < -0.39 is 0 Å². The van der Waals surface area contributed by atoms with Gasteiger partial charge in [0.15, 0.2) is 0 Å². The van der Waals surface area contributed by atoms with E-state index in [9.17, 15) is 9.18 Å². The molecule has 0 fully saturated rings. The number of anilines is 3. The van der Waals surface area contributed by atoms with Crippen molar-refractivity contribution in [3.8, 4) is 0 Å². The molecule has 0 bridgehead atoms. The van der Waals surface area contributed by atoms with Crippen LogP contribution in [0.25, 0.3) is 0 Å². The zero-order valence-corrected chi connectivity index (χ0v) is 14.5. The van der Waals surface area contributed by atoms with Gasteiger partial charge < -0.3 is 10.2 Å². The Bertz CT molecular complexity index is 983. The second-order valence-corrected chi connectivity index (χ2v) is 6.42. The van der Waals surface area contributed by atoms with E-state index in [1.807, 2.05) is 36.4 Å². The molecule has 26 heavy (non-hydrogen) atoms. The normalized spacial score (nSPS) is 13.0. The zero-order valence-electron chi connectivity index (χ0n) is 14.5. The summed E-state index contributed by atoms with van der Waals surface area (Å²) in [4.78, 5) is 14.5. The Labute approximate surface area is 152 Å². The topological polar surface area (TPSA) is 32.3 Å². The average molecular weight is 346 g/mol. The lowest BCUT2D eigenvalue weighted by molar-refractivity contribution is 0.0996. The highest BCUT2D eigenvalue weighted by Crippen LogP contribution is 2.31. The van der Waals surface area contributed by atoms with Crippen molar-refractivity contribution >= 4 is 23.0 Å². The van der Waals surface area contributed by atoms with Crippen molar-refractivity contribution in [3.63, 3.8) is 0 Å². The molecule has 0 unspecified atom stereocenters.